The zero-order chi connectivity index (χ0) is 11.9. The van der Waals surface area contributed by atoms with E-state index in [9.17, 15) is 0 Å². The number of rotatable bonds is 6. The molecule has 17 heavy (non-hydrogen) atoms. The Balaban J connectivity index is 1.98. The minimum atomic E-state index is 0.350. The van der Waals surface area contributed by atoms with Crippen molar-refractivity contribution in [1.29, 1.82) is 0 Å². The Bertz CT molecular complexity index is 413. The van der Waals surface area contributed by atoms with Gasteiger partial charge in [0, 0.05) is 28.9 Å². The summed E-state index contributed by atoms with van der Waals surface area (Å²) >= 11 is 1.82. The Morgan fingerprint density at radius 1 is 1.35 bits per heavy atom. The molecule has 0 spiro atoms. The van der Waals surface area contributed by atoms with Gasteiger partial charge in [-0.3, -0.25) is 0 Å². The van der Waals surface area contributed by atoms with Gasteiger partial charge in [0.25, 0.3) is 0 Å². The molecule has 0 aliphatic carbocycles. The number of nitrogens with zero attached hydrogens (tertiary/aromatic N) is 2. The molecule has 1 unspecified atom stereocenters. The Hall–Kier alpha value is -1.26. The molecule has 2 aromatic rings. The van der Waals surface area contributed by atoms with Crippen LogP contribution in [-0.4, -0.2) is 16.5 Å². The second-order valence-electron chi connectivity index (χ2n) is 3.90. The average molecular weight is 247 g/mol. The molecule has 0 bridgehead atoms. The van der Waals surface area contributed by atoms with E-state index in [-0.39, 0.29) is 0 Å². The van der Waals surface area contributed by atoms with Crippen LogP contribution in [0.4, 0.5) is 0 Å². The number of thiophene rings is 1. The van der Waals surface area contributed by atoms with Gasteiger partial charge in [0.2, 0.25) is 0 Å². The van der Waals surface area contributed by atoms with E-state index >= 15 is 0 Å². The fraction of sp³-hybridized carbons (Fsp3) is 0.385. The average Bonchev–Trinajstić information content (AvgIpc) is 2.88. The molecule has 2 rings (SSSR count). The van der Waals surface area contributed by atoms with Gasteiger partial charge in [0.15, 0.2) is 0 Å². The summed E-state index contributed by atoms with van der Waals surface area (Å²) in [6.07, 6.45) is 7.56. The number of hydrogen-bond acceptors (Lipinski definition) is 4. The second-order valence-corrected chi connectivity index (χ2v) is 4.93. The molecule has 2 heterocycles. The van der Waals surface area contributed by atoms with Gasteiger partial charge in [-0.25, -0.2) is 9.97 Å². The van der Waals surface area contributed by atoms with Crippen LogP contribution in [0.3, 0.4) is 0 Å². The smallest absolute Gasteiger partial charge is 0.115 e. The van der Waals surface area contributed by atoms with Crippen LogP contribution < -0.4 is 5.32 Å². The van der Waals surface area contributed by atoms with Crippen molar-refractivity contribution in [3.63, 3.8) is 0 Å². The van der Waals surface area contributed by atoms with Crippen molar-refractivity contribution in [2.24, 2.45) is 0 Å². The lowest BCUT2D eigenvalue weighted by molar-refractivity contribution is 0.514. The van der Waals surface area contributed by atoms with Gasteiger partial charge >= 0.3 is 0 Å². The van der Waals surface area contributed by atoms with Crippen molar-refractivity contribution in [2.45, 2.75) is 25.8 Å². The minimum Gasteiger partial charge on any atom is -0.310 e. The van der Waals surface area contributed by atoms with Crippen LogP contribution >= 0.6 is 11.3 Å². The topological polar surface area (TPSA) is 37.8 Å². The monoisotopic (exact) mass is 247 g/mol. The van der Waals surface area contributed by atoms with Crippen molar-refractivity contribution >= 4 is 11.3 Å². The quantitative estimate of drug-likeness (QED) is 0.853. The third kappa shape index (κ3) is 3.61. The molecule has 0 aliphatic heterocycles. The summed E-state index contributed by atoms with van der Waals surface area (Å²) in [4.78, 5) is 9.60. The fourth-order valence-corrected chi connectivity index (χ4v) is 2.59. The Morgan fingerprint density at radius 3 is 2.82 bits per heavy atom. The highest BCUT2D eigenvalue weighted by molar-refractivity contribution is 7.09. The summed E-state index contributed by atoms with van der Waals surface area (Å²) in [5, 5.41) is 5.61. The second kappa shape index (κ2) is 6.47. The summed E-state index contributed by atoms with van der Waals surface area (Å²) in [6, 6.07) is 4.64. The molecule has 3 nitrogen and oxygen atoms in total. The molecule has 0 amide bonds. The van der Waals surface area contributed by atoms with Crippen molar-refractivity contribution in [3.05, 3.63) is 46.7 Å². The Kier molecular flexibility index (Phi) is 4.64. The summed E-state index contributed by atoms with van der Waals surface area (Å²) in [5.74, 6) is 0. The van der Waals surface area contributed by atoms with Gasteiger partial charge in [-0.05, 0) is 30.8 Å². The molecule has 2 aromatic heterocycles. The van der Waals surface area contributed by atoms with Crippen molar-refractivity contribution < 1.29 is 0 Å². The molecule has 0 aliphatic rings. The van der Waals surface area contributed by atoms with E-state index in [0.717, 1.165) is 19.4 Å². The molecule has 1 atom stereocenters. The zero-order valence-electron chi connectivity index (χ0n) is 9.97. The number of hydrogen-bond donors (Lipinski definition) is 1. The molecule has 90 valence electrons. The zero-order valence-corrected chi connectivity index (χ0v) is 10.8. The fourth-order valence-electron chi connectivity index (χ4n) is 1.86. The molecular formula is C13H17N3S. The molecule has 4 heteroatoms. The summed E-state index contributed by atoms with van der Waals surface area (Å²) in [6.45, 7) is 3.09. The van der Waals surface area contributed by atoms with Gasteiger partial charge in [-0.1, -0.05) is 13.0 Å². The first-order valence-corrected chi connectivity index (χ1v) is 6.78. The largest absolute Gasteiger partial charge is 0.310 e. The summed E-state index contributed by atoms with van der Waals surface area (Å²) < 4.78 is 0. The highest BCUT2D eigenvalue weighted by atomic mass is 32.1. The maximum absolute atomic E-state index is 4.08. The van der Waals surface area contributed by atoms with Gasteiger partial charge in [-0.2, -0.15) is 0 Å². The van der Waals surface area contributed by atoms with Crippen LogP contribution in [0.2, 0.25) is 0 Å². The van der Waals surface area contributed by atoms with E-state index in [2.05, 4.69) is 39.7 Å². The molecule has 1 N–H and O–H groups in total. The lowest BCUT2D eigenvalue weighted by atomic mass is 10.0. The van der Waals surface area contributed by atoms with Crippen molar-refractivity contribution in [2.75, 3.05) is 6.54 Å². The lowest BCUT2D eigenvalue weighted by Gasteiger charge is -2.16. The van der Waals surface area contributed by atoms with Crippen LogP contribution in [0.5, 0.6) is 0 Å². The first-order valence-electron chi connectivity index (χ1n) is 5.91. The van der Waals surface area contributed by atoms with Crippen molar-refractivity contribution in [1.82, 2.24) is 15.3 Å². The number of nitrogens with one attached hydrogen (secondary N) is 1. The third-order valence-electron chi connectivity index (χ3n) is 2.69. The van der Waals surface area contributed by atoms with Gasteiger partial charge in [0.05, 0.1) is 0 Å². The predicted molar refractivity (Wildman–Crippen MR) is 71.1 cm³/mol. The van der Waals surface area contributed by atoms with E-state index in [4.69, 9.17) is 0 Å². The molecule has 0 saturated heterocycles. The van der Waals surface area contributed by atoms with Crippen LogP contribution in [0.25, 0.3) is 0 Å². The van der Waals surface area contributed by atoms with Gasteiger partial charge in [0.1, 0.15) is 6.33 Å². The first-order chi connectivity index (χ1) is 8.40. The highest BCUT2D eigenvalue weighted by Crippen LogP contribution is 2.19. The molecule has 0 radical (unpaired) electrons. The predicted octanol–water partition coefficient (Wildman–Crippen LogP) is 2.82. The van der Waals surface area contributed by atoms with E-state index in [0.29, 0.717) is 6.04 Å². The van der Waals surface area contributed by atoms with Crippen LogP contribution in [-0.2, 0) is 6.42 Å². The molecule has 0 fully saturated rings. The Morgan fingerprint density at radius 2 is 2.18 bits per heavy atom. The number of aryl methyl sites for hydroxylation is 1. The number of aromatic nitrogens is 2. The van der Waals surface area contributed by atoms with E-state index in [1.165, 1.54) is 10.4 Å². The van der Waals surface area contributed by atoms with Crippen LogP contribution in [0.15, 0.2) is 36.2 Å². The minimum absolute atomic E-state index is 0.350. The summed E-state index contributed by atoms with van der Waals surface area (Å²) in [5.41, 5.74) is 1.17. The molecule has 0 saturated carbocycles. The Labute approximate surface area is 106 Å². The van der Waals surface area contributed by atoms with E-state index in [1.807, 2.05) is 23.7 Å². The van der Waals surface area contributed by atoms with Crippen molar-refractivity contribution in [3.8, 4) is 0 Å². The standard InChI is InChI=1S/C13H17N3S/c1-2-16-13(11-8-14-10-15-9-11)6-5-12-4-3-7-17-12/h3-4,7-10,13,16H,2,5-6H2,1H3. The maximum atomic E-state index is 4.08. The first kappa shape index (κ1) is 12.2. The van der Waals surface area contributed by atoms with E-state index < -0.39 is 0 Å². The van der Waals surface area contributed by atoms with Gasteiger partial charge < -0.3 is 5.32 Å². The third-order valence-corrected chi connectivity index (χ3v) is 3.63. The van der Waals surface area contributed by atoms with Gasteiger partial charge in [-0.15, -0.1) is 11.3 Å². The lowest BCUT2D eigenvalue weighted by Crippen LogP contribution is -2.21. The SMILES string of the molecule is CCNC(CCc1cccs1)c1cncnc1. The summed E-state index contributed by atoms with van der Waals surface area (Å²) in [7, 11) is 0. The molecular weight excluding hydrogens is 230 g/mol. The maximum Gasteiger partial charge on any atom is 0.115 e. The van der Waals surface area contributed by atoms with E-state index in [1.54, 1.807) is 6.33 Å². The normalized spacial score (nSPS) is 12.5. The van der Waals surface area contributed by atoms with Crippen LogP contribution in [0.1, 0.15) is 29.8 Å². The highest BCUT2D eigenvalue weighted by Gasteiger charge is 2.10. The molecule has 0 aromatic carbocycles. The van der Waals surface area contributed by atoms with Crippen LogP contribution in [0, 0.1) is 0 Å².